The average molecular weight is 528 g/mol. The van der Waals surface area contributed by atoms with Gasteiger partial charge < -0.3 is 19.9 Å². The molecule has 10 nitrogen and oxygen atoms in total. The summed E-state index contributed by atoms with van der Waals surface area (Å²) in [7, 11) is 0. The normalized spacial score (nSPS) is 18.1. The van der Waals surface area contributed by atoms with E-state index < -0.39 is 24.2 Å². The number of alkyl halides is 1. The third-order valence-electron chi connectivity index (χ3n) is 7.17. The quantitative estimate of drug-likeness (QED) is 0.310. The Hall–Kier alpha value is -4.64. The molecule has 0 radical (unpaired) electrons. The zero-order chi connectivity index (χ0) is 27.1. The zero-order valence-electron chi connectivity index (χ0n) is 21.1. The van der Waals surface area contributed by atoms with Crippen LogP contribution in [0.25, 0.3) is 32.9 Å². The lowest BCUT2D eigenvalue weighted by atomic mass is 10.0. The molecule has 198 valence electrons. The van der Waals surface area contributed by atoms with Gasteiger partial charge in [0.15, 0.2) is 0 Å². The minimum atomic E-state index is -1.30. The maximum absolute atomic E-state index is 14.5. The fourth-order valence-electron chi connectivity index (χ4n) is 5.22. The smallest absolute Gasteiger partial charge is 0.247 e. The molecule has 11 heteroatoms. The van der Waals surface area contributed by atoms with Crippen LogP contribution < -0.4 is 5.32 Å². The van der Waals surface area contributed by atoms with Crippen LogP contribution in [0.2, 0.25) is 0 Å². The minimum Gasteiger partial charge on any atom is -0.389 e. The van der Waals surface area contributed by atoms with E-state index in [0.29, 0.717) is 11.3 Å². The number of aromatic nitrogens is 5. The third-order valence-corrected chi connectivity index (χ3v) is 7.17. The molecule has 1 aliphatic heterocycles. The molecule has 0 saturated carbocycles. The van der Waals surface area contributed by atoms with E-state index >= 15 is 0 Å². The number of benzene rings is 2. The number of halogens is 1. The van der Waals surface area contributed by atoms with Crippen LogP contribution in [0, 0.1) is 0 Å². The number of likely N-dealkylation sites (tertiary alicyclic amines) is 1. The topological polar surface area (TPSA) is 129 Å². The molecule has 4 heterocycles. The largest absolute Gasteiger partial charge is 0.389 e. The van der Waals surface area contributed by atoms with Crippen molar-refractivity contribution in [3.63, 3.8) is 0 Å². The van der Waals surface area contributed by atoms with Gasteiger partial charge in [-0.2, -0.15) is 15.3 Å². The summed E-state index contributed by atoms with van der Waals surface area (Å²) in [5, 5.41) is 29.5. The van der Waals surface area contributed by atoms with Gasteiger partial charge in [0, 0.05) is 45.7 Å². The molecule has 0 spiro atoms. The van der Waals surface area contributed by atoms with E-state index in [0.717, 1.165) is 32.9 Å². The van der Waals surface area contributed by atoms with Gasteiger partial charge in [-0.3, -0.25) is 14.7 Å². The van der Waals surface area contributed by atoms with Crippen LogP contribution in [-0.2, 0) is 16.1 Å². The first kappa shape index (κ1) is 24.7. The highest BCUT2D eigenvalue weighted by atomic mass is 19.1. The Bertz CT molecular complexity index is 1680. The Balaban J connectivity index is 1.25. The van der Waals surface area contributed by atoms with Gasteiger partial charge in [0.25, 0.3) is 0 Å². The number of hydrogen-bond acceptors (Lipinski definition) is 6. The summed E-state index contributed by atoms with van der Waals surface area (Å²) in [6.07, 6.45) is 4.53. The number of amides is 2. The van der Waals surface area contributed by atoms with Gasteiger partial charge in [-0.1, -0.05) is 6.07 Å². The van der Waals surface area contributed by atoms with Crippen molar-refractivity contribution < 1.29 is 19.1 Å². The average Bonchev–Trinajstić information content (AvgIpc) is 3.65. The number of nitrogens with zero attached hydrogens (tertiary/aromatic N) is 5. The molecule has 39 heavy (non-hydrogen) atoms. The van der Waals surface area contributed by atoms with Crippen molar-refractivity contribution in [2.24, 2.45) is 0 Å². The van der Waals surface area contributed by atoms with Crippen LogP contribution in [0.15, 0.2) is 67.3 Å². The molecular weight excluding hydrogens is 501 g/mol. The standard InChI is InChI=1S/C28H26FN7O3/c1-16(37)23-14-35(25-5-3-17(8-22(23)25)18-6-7-30-31-11-18)15-27(38)36-13-20(29)9-26(36)28(39)33-21-4-2-19-12-32-34-24(19)10-21/h2-8,10-12,14,16,20,26,37H,9,13,15H2,1H3,(H,32,34)(H,33,39)/t16?,20-,26+/m1/s1. The number of H-pyrrole nitrogens is 1. The fourth-order valence-corrected chi connectivity index (χ4v) is 5.22. The number of anilines is 1. The van der Waals surface area contributed by atoms with Crippen LogP contribution in [-0.4, -0.2) is 65.5 Å². The molecule has 1 saturated heterocycles. The Kier molecular flexibility index (Phi) is 6.27. The number of nitrogens with one attached hydrogen (secondary N) is 2. The van der Waals surface area contributed by atoms with Gasteiger partial charge in [0.05, 0.1) is 36.8 Å². The molecule has 1 unspecified atom stereocenters. The number of hydrogen-bond donors (Lipinski definition) is 3. The Morgan fingerprint density at radius 1 is 1.15 bits per heavy atom. The molecular formula is C28H26FN7O3. The molecule has 0 bridgehead atoms. The molecule has 3 atom stereocenters. The SMILES string of the molecule is CC(O)c1cn(CC(=O)N2C[C@H](F)C[C@H]2C(=O)Nc2ccc3cn[nH]c3c2)c2ccc(-c3ccnnc3)cc12. The Morgan fingerprint density at radius 3 is 2.82 bits per heavy atom. The predicted octanol–water partition coefficient (Wildman–Crippen LogP) is 3.61. The Morgan fingerprint density at radius 2 is 2.03 bits per heavy atom. The van der Waals surface area contributed by atoms with Gasteiger partial charge >= 0.3 is 0 Å². The van der Waals surface area contributed by atoms with E-state index in [1.54, 1.807) is 48.4 Å². The molecule has 6 rings (SSSR count). The van der Waals surface area contributed by atoms with E-state index in [4.69, 9.17) is 0 Å². The number of carbonyl (C=O) groups excluding carboxylic acids is 2. The van der Waals surface area contributed by atoms with Gasteiger partial charge in [0.2, 0.25) is 11.8 Å². The monoisotopic (exact) mass is 527 g/mol. The lowest BCUT2D eigenvalue weighted by Crippen LogP contribution is -2.44. The number of aliphatic hydroxyl groups is 1. The number of aromatic amines is 1. The molecule has 3 aromatic heterocycles. The molecule has 1 aliphatic rings. The van der Waals surface area contributed by atoms with E-state index in [-0.39, 0.29) is 25.4 Å². The van der Waals surface area contributed by atoms with Gasteiger partial charge in [-0.15, -0.1) is 0 Å². The summed E-state index contributed by atoms with van der Waals surface area (Å²) >= 11 is 0. The molecule has 5 aromatic rings. The first-order valence-electron chi connectivity index (χ1n) is 12.6. The zero-order valence-corrected chi connectivity index (χ0v) is 21.1. The number of carbonyl (C=O) groups is 2. The molecule has 3 N–H and O–H groups in total. The highest BCUT2D eigenvalue weighted by Gasteiger charge is 2.40. The maximum atomic E-state index is 14.5. The van der Waals surface area contributed by atoms with Gasteiger partial charge in [-0.05, 0) is 48.9 Å². The summed E-state index contributed by atoms with van der Waals surface area (Å²) in [5.41, 5.74) is 4.47. The van der Waals surface area contributed by atoms with Crippen LogP contribution in [0.4, 0.5) is 10.1 Å². The Labute approximate surface area is 222 Å². The summed E-state index contributed by atoms with van der Waals surface area (Å²) in [6.45, 7) is 1.41. The maximum Gasteiger partial charge on any atom is 0.247 e. The van der Waals surface area contributed by atoms with Crippen molar-refractivity contribution >= 4 is 39.3 Å². The number of aliphatic hydroxyl groups excluding tert-OH is 1. The number of fused-ring (bicyclic) bond motifs is 2. The van der Waals surface area contributed by atoms with E-state index in [1.165, 1.54) is 4.90 Å². The van der Waals surface area contributed by atoms with Crippen molar-refractivity contribution in [3.05, 3.63) is 72.8 Å². The molecule has 0 aliphatic carbocycles. The molecule has 1 fully saturated rings. The minimum absolute atomic E-state index is 0.0709. The van der Waals surface area contributed by atoms with Crippen LogP contribution in [0.1, 0.15) is 25.0 Å². The summed E-state index contributed by atoms with van der Waals surface area (Å²) in [6, 6.07) is 11.9. The third kappa shape index (κ3) is 4.72. The summed E-state index contributed by atoms with van der Waals surface area (Å²) < 4.78 is 16.3. The van der Waals surface area contributed by atoms with Crippen molar-refractivity contribution in [2.75, 3.05) is 11.9 Å². The van der Waals surface area contributed by atoms with Crippen molar-refractivity contribution in [2.45, 2.75) is 38.2 Å². The van der Waals surface area contributed by atoms with Crippen LogP contribution >= 0.6 is 0 Å². The highest BCUT2D eigenvalue weighted by Crippen LogP contribution is 2.31. The van der Waals surface area contributed by atoms with Gasteiger partial charge in [0.1, 0.15) is 18.8 Å². The number of rotatable bonds is 6. The van der Waals surface area contributed by atoms with Crippen LogP contribution in [0.5, 0.6) is 0 Å². The fraction of sp³-hybridized carbons (Fsp3) is 0.250. The first-order valence-corrected chi connectivity index (χ1v) is 12.6. The van der Waals surface area contributed by atoms with E-state index in [2.05, 4.69) is 25.7 Å². The van der Waals surface area contributed by atoms with E-state index in [9.17, 15) is 19.1 Å². The van der Waals surface area contributed by atoms with E-state index in [1.807, 2.05) is 30.3 Å². The lowest BCUT2D eigenvalue weighted by Gasteiger charge is -2.24. The molecule has 2 amide bonds. The predicted molar refractivity (Wildman–Crippen MR) is 143 cm³/mol. The lowest BCUT2D eigenvalue weighted by molar-refractivity contribution is -0.137. The summed E-state index contributed by atoms with van der Waals surface area (Å²) in [4.78, 5) is 27.9. The first-order chi connectivity index (χ1) is 18.9. The second-order valence-electron chi connectivity index (χ2n) is 9.81. The second-order valence-corrected chi connectivity index (χ2v) is 9.81. The molecule has 2 aromatic carbocycles. The second kappa shape index (κ2) is 9.91. The van der Waals surface area contributed by atoms with Crippen molar-refractivity contribution in [3.8, 4) is 11.1 Å². The highest BCUT2D eigenvalue weighted by molar-refractivity contribution is 5.99. The van der Waals surface area contributed by atoms with Gasteiger partial charge in [-0.25, -0.2) is 4.39 Å². The summed E-state index contributed by atoms with van der Waals surface area (Å²) in [5.74, 6) is -0.823. The van der Waals surface area contributed by atoms with Crippen LogP contribution in [0.3, 0.4) is 0 Å². The van der Waals surface area contributed by atoms with Crippen molar-refractivity contribution in [1.29, 1.82) is 0 Å². The van der Waals surface area contributed by atoms with Crippen molar-refractivity contribution in [1.82, 2.24) is 29.9 Å².